The lowest BCUT2D eigenvalue weighted by atomic mass is 10.1. The second kappa shape index (κ2) is 5.66. The largest absolute Gasteiger partial charge is 0.478 e. The molecule has 1 fully saturated rings. The molecule has 1 aromatic carbocycles. The van der Waals surface area contributed by atoms with Gasteiger partial charge in [0, 0.05) is 6.08 Å². The molecule has 0 radical (unpaired) electrons. The molecule has 0 atom stereocenters. The molecular weight excluding hydrogens is 278 g/mol. The van der Waals surface area contributed by atoms with Crippen molar-refractivity contribution in [2.24, 2.45) is 5.92 Å². The van der Waals surface area contributed by atoms with E-state index in [1.54, 1.807) is 25.1 Å². The van der Waals surface area contributed by atoms with Crippen LogP contribution >= 0.6 is 0 Å². The zero-order valence-electron chi connectivity index (χ0n) is 11.2. The smallest absolute Gasteiger partial charge is 0.328 e. The first-order valence-corrected chi connectivity index (χ1v) is 8.03. The predicted molar refractivity (Wildman–Crippen MR) is 78.0 cm³/mol. The summed E-state index contributed by atoms with van der Waals surface area (Å²) in [5.74, 6) is -0.605. The van der Waals surface area contributed by atoms with Crippen LogP contribution < -0.4 is 4.72 Å². The third-order valence-corrected chi connectivity index (χ3v) is 4.54. The highest BCUT2D eigenvalue weighted by atomic mass is 32.2. The molecule has 1 saturated carbocycles. The Labute approximate surface area is 118 Å². The lowest BCUT2D eigenvalue weighted by molar-refractivity contribution is -0.131. The number of carboxylic acid groups (broad SMARTS) is 1. The van der Waals surface area contributed by atoms with E-state index in [1.807, 2.05) is 0 Å². The molecule has 0 amide bonds. The lowest BCUT2D eigenvalue weighted by Gasteiger charge is -2.11. The molecule has 108 valence electrons. The van der Waals surface area contributed by atoms with Crippen molar-refractivity contribution in [3.63, 3.8) is 0 Å². The van der Waals surface area contributed by atoms with Crippen LogP contribution in [0.25, 0.3) is 6.08 Å². The number of nitrogens with one attached hydrogen (secondary N) is 1. The molecule has 6 heteroatoms. The molecule has 0 bridgehead atoms. The van der Waals surface area contributed by atoms with E-state index in [1.165, 1.54) is 6.08 Å². The summed E-state index contributed by atoms with van der Waals surface area (Å²) in [5.41, 5.74) is 1.94. The summed E-state index contributed by atoms with van der Waals surface area (Å²) >= 11 is 0. The highest BCUT2D eigenvalue weighted by molar-refractivity contribution is 7.92. The van der Waals surface area contributed by atoms with Crippen molar-refractivity contribution < 1.29 is 18.3 Å². The van der Waals surface area contributed by atoms with Gasteiger partial charge in [0.15, 0.2) is 0 Å². The summed E-state index contributed by atoms with van der Waals surface area (Å²) in [6.07, 6.45) is 4.40. The quantitative estimate of drug-likeness (QED) is 0.788. The van der Waals surface area contributed by atoms with E-state index in [9.17, 15) is 13.2 Å². The van der Waals surface area contributed by atoms with Gasteiger partial charge in [0.25, 0.3) is 0 Å². The second-order valence-corrected chi connectivity index (χ2v) is 6.84. The third-order valence-electron chi connectivity index (χ3n) is 3.10. The first kappa shape index (κ1) is 14.6. The summed E-state index contributed by atoms with van der Waals surface area (Å²) in [4.78, 5) is 10.5. The number of carboxylic acids is 1. The van der Waals surface area contributed by atoms with Gasteiger partial charge in [-0.3, -0.25) is 4.72 Å². The molecule has 20 heavy (non-hydrogen) atoms. The number of benzene rings is 1. The Kier molecular flexibility index (Phi) is 4.13. The van der Waals surface area contributed by atoms with E-state index < -0.39 is 16.0 Å². The Morgan fingerprint density at radius 1 is 1.45 bits per heavy atom. The minimum atomic E-state index is -3.33. The monoisotopic (exact) mass is 295 g/mol. The molecule has 1 aliphatic carbocycles. The normalized spacial score (nSPS) is 15.4. The molecule has 1 aromatic rings. The Bertz CT molecular complexity index is 645. The van der Waals surface area contributed by atoms with Crippen molar-refractivity contribution in [2.45, 2.75) is 19.8 Å². The van der Waals surface area contributed by atoms with Gasteiger partial charge < -0.3 is 5.11 Å². The van der Waals surface area contributed by atoms with E-state index in [0.717, 1.165) is 24.5 Å². The fraction of sp³-hybridized carbons (Fsp3) is 0.357. The van der Waals surface area contributed by atoms with Crippen molar-refractivity contribution >= 4 is 27.8 Å². The zero-order valence-corrected chi connectivity index (χ0v) is 12.0. The van der Waals surface area contributed by atoms with Crippen LogP contribution in [0.4, 0.5) is 5.69 Å². The molecule has 0 spiro atoms. The van der Waals surface area contributed by atoms with E-state index >= 15 is 0 Å². The Morgan fingerprint density at radius 2 is 2.15 bits per heavy atom. The van der Waals surface area contributed by atoms with E-state index in [-0.39, 0.29) is 11.7 Å². The molecular formula is C14H17NO4S. The minimum absolute atomic E-state index is 0.154. The standard InChI is InChI=1S/C14H17NO4S/c1-10-2-3-11(6-7-14(16)17)8-13(10)15-20(18,19)9-12-4-5-12/h2-3,6-8,12,15H,4-5,9H2,1H3,(H,16,17). The highest BCUT2D eigenvalue weighted by Crippen LogP contribution is 2.31. The van der Waals surface area contributed by atoms with Crippen molar-refractivity contribution in [3.05, 3.63) is 35.4 Å². The van der Waals surface area contributed by atoms with Crippen molar-refractivity contribution in [3.8, 4) is 0 Å². The molecule has 0 aromatic heterocycles. The van der Waals surface area contributed by atoms with Crippen LogP contribution in [0.5, 0.6) is 0 Å². The number of hydrogen-bond donors (Lipinski definition) is 2. The van der Waals surface area contributed by atoms with Gasteiger partial charge in [-0.05, 0) is 49.0 Å². The van der Waals surface area contributed by atoms with Gasteiger partial charge >= 0.3 is 5.97 Å². The topological polar surface area (TPSA) is 83.5 Å². The fourth-order valence-corrected chi connectivity index (χ4v) is 3.42. The number of aliphatic carboxylic acids is 1. The summed E-state index contributed by atoms with van der Waals surface area (Å²) in [6, 6.07) is 5.14. The molecule has 1 aliphatic rings. The lowest BCUT2D eigenvalue weighted by Crippen LogP contribution is -2.18. The molecule has 0 unspecified atom stereocenters. The second-order valence-electron chi connectivity index (χ2n) is 5.07. The summed E-state index contributed by atoms with van der Waals surface area (Å²) in [6.45, 7) is 1.81. The van der Waals surface area contributed by atoms with Crippen LogP contribution in [0.1, 0.15) is 24.0 Å². The van der Waals surface area contributed by atoms with Gasteiger partial charge in [-0.15, -0.1) is 0 Å². The first-order valence-electron chi connectivity index (χ1n) is 6.38. The fourth-order valence-electron chi connectivity index (χ4n) is 1.82. The van der Waals surface area contributed by atoms with Crippen LogP contribution in [-0.2, 0) is 14.8 Å². The van der Waals surface area contributed by atoms with Gasteiger partial charge in [0.2, 0.25) is 10.0 Å². The summed E-state index contributed by atoms with van der Waals surface area (Å²) in [7, 11) is -3.33. The van der Waals surface area contributed by atoms with E-state index in [2.05, 4.69) is 4.72 Å². The maximum Gasteiger partial charge on any atom is 0.328 e. The summed E-state index contributed by atoms with van der Waals surface area (Å²) < 4.78 is 26.5. The van der Waals surface area contributed by atoms with Gasteiger partial charge in [0.05, 0.1) is 11.4 Å². The van der Waals surface area contributed by atoms with Crippen LogP contribution in [0.15, 0.2) is 24.3 Å². The molecule has 0 saturated heterocycles. The third kappa shape index (κ3) is 4.38. The molecule has 2 rings (SSSR count). The SMILES string of the molecule is Cc1ccc(C=CC(=O)O)cc1NS(=O)(=O)CC1CC1. The molecule has 5 nitrogen and oxygen atoms in total. The van der Waals surface area contributed by atoms with Gasteiger partial charge in [-0.1, -0.05) is 12.1 Å². The number of aryl methyl sites for hydroxylation is 1. The Hall–Kier alpha value is -1.82. The number of carbonyl (C=O) groups is 1. The average Bonchev–Trinajstić information content (AvgIpc) is 3.12. The zero-order chi connectivity index (χ0) is 14.8. The van der Waals surface area contributed by atoms with Crippen molar-refractivity contribution in [1.82, 2.24) is 0 Å². The van der Waals surface area contributed by atoms with Gasteiger partial charge in [0.1, 0.15) is 0 Å². The van der Waals surface area contributed by atoms with Crippen LogP contribution in [-0.4, -0.2) is 25.2 Å². The Morgan fingerprint density at radius 3 is 2.75 bits per heavy atom. The molecule has 0 aliphatic heterocycles. The number of hydrogen-bond acceptors (Lipinski definition) is 3. The maximum absolute atomic E-state index is 12.0. The minimum Gasteiger partial charge on any atom is -0.478 e. The van der Waals surface area contributed by atoms with E-state index in [4.69, 9.17) is 5.11 Å². The van der Waals surface area contributed by atoms with Gasteiger partial charge in [-0.2, -0.15) is 0 Å². The predicted octanol–water partition coefficient (Wildman–Crippen LogP) is 2.24. The summed E-state index contributed by atoms with van der Waals surface area (Å²) in [5, 5.41) is 8.59. The number of rotatable bonds is 6. The van der Waals surface area contributed by atoms with Gasteiger partial charge in [-0.25, -0.2) is 13.2 Å². The molecule has 0 heterocycles. The molecule has 2 N–H and O–H groups in total. The van der Waals surface area contributed by atoms with Crippen LogP contribution in [0.2, 0.25) is 0 Å². The number of anilines is 1. The van der Waals surface area contributed by atoms with Crippen LogP contribution in [0, 0.1) is 12.8 Å². The number of sulfonamides is 1. The van der Waals surface area contributed by atoms with Crippen molar-refractivity contribution in [1.29, 1.82) is 0 Å². The van der Waals surface area contributed by atoms with Crippen LogP contribution in [0.3, 0.4) is 0 Å². The van der Waals surface area contributed by atoms with Crippen molar-refractivity contribution in [2.75, 3.05) is 10.5 Å². The average molecular weight is 295 g/mol. The first-order chi connectivity index (χ1) is 9.35. The Balaban J connectivity index is 2.17. The maximum atomic E-state index is 12.0. The highest BCUT2D eigenvalue weighted by Gasteiger charge is 2.28. The van der Waals surface area contributed by atoms with E-state index in [0.29, 0.717) is 11.3 Å².